The van der Waals surface area contributed by atoms with Gasteiger partial charge in [-0.3, -0.25) is 0 Å². The maximum absolute atomic E-state index is 4.79. The molecule has 0 aliphatic heterocycles. The Kier molecular flexibility index (Phi) is 3.76. The first-order valence-corrected chi connectivity index (χ1v) is 9.11. The summed E-state index contributed by atoms with van der Waals surface area (Å²) in [6, 6.07) is 19.9. The number of nitrogens with one attached hydrogen (secondary N) is 1. The molecule has 136 valence electrons. The lowest BCUT2D eigenvalue weighted by Crippen LogP contribution is -1.98. The minimum atomic E-state index is 0.741. The van der Waals surface area contributed by atoms with Gasteiger partial charge in [-0.2, -0.15) is 10.2 Å². The lowest BCUT2D eigenvalue weighted by atomic mass is 10.1. The van der Waals surface area contributed by atoms with E-state index in [-0.39, 0.29) is 0 Å². The second-order valence-electron chi connectivity index (χ2n) is 6.71. The molecule has 5 rings (SSSR count). The minimum absolute atomic E-state index is 0.741. The van der Waals surface area contributed by atoms with Crippen LogP contribution in [-0.2, 0) is 0 Å². The van der Waals surface area contributed by atoms with Crippen LogP contribution in [0.2, 0.25) is 0 Å². The van der Waals surface area contributed by atoms with E-state index in [1.165, 1.54) is 0 Å². The number of nitrogens with zero attached hydrogens (tertiary/aromatic N) is 5. The molecule has 0 aliphatic rings. The van der Waals surface area contributed by atoms with E-state index in [1.807, 2.05) is 73.1 Å². The molecule has 0 atom stereocenters. The van der Waals surface area contributed by atoms with Crippen molar-refractivity contribution in [1.82, 2.24) is 19.6 Å². The Balaban J connectivity index is 1.63. The van der Waals surface area contributed by atoms with Gasteiger partial charge < -0.3 is 4.98 Å². The second kappa shape index (κ2) is 6.42. The number of hydrogen-bond donors (Lipinski definition) is 1. The summed E-state index contributed by atoms with van der Waals surface area (Å²) in [5.74, 6) is 0. The molecule has 5 aromatic rings. The predicted octanol–water partition coefficient (Wildman–Crippen LogP) is 5.91. The lowest BCUT2D eigenvalue weighted by Gasteiger charge is -2.05. The van der Waals surface area contributed by atoms with Crippen molar-refractivity contribution in [3.05, 3.63) is 78.2 Å². The van der Waals surface area contributed by atoms with E-state index in [4.69, 9.17) is 10.1 Å². The van der Waals surface area contributed by atoms with Gasteiger partial charge in [0.25, 0.3) is 0 Å². The summed E-state index contributed by atoms with van der Waals surface area (Å²) in [7, 11) is 0. The summed E-state index contributed by atoms with van der Waals surface area (Å²) in [6.45, 7) is 3.94. The summed E-state index contributed by atoms with van der Waals surface area (Å²) in [5.41, 5.74) is 7.12. The van der Waals surface area contributed by atoms with Crippen LogP contribution in [0.4, 0.5) is 11.4 Å². The molecule has 0 fully saturated rings. The summed E-state index contributed by atoms with van der Waals surface area (Å²) in [4.78, 5) is 8.00. The molecule has 0 spiro atoms. The van der Waals surface area contributed by atoms with Crippen molar-refractivity contribution in [2.75, 3.05) is 0 Å². The number of azo groups is 1. The molecular weight excluding hydrogens is 348 g/mol. The Morgan fingerprint density at radius 2 is 1.71 bits per heavy atom. The molecule has 0 unspecified atom stereocenters. The third-order valence-electron chi connectivity index (χ3n) is 4.86. The van der Waals surface area contributed by atoms with Crippen LogP contribution in [0.1, 0.15) is 11.4 Å². The number of fused-ring (bicyclic) bond motifs is 2. The maximum Gasteiger partial charge on any atom is 0.156 e. The highest BCUT2D eigenvalue weighted by atomic mass is 15.3. The number of H-pyrrole nitrogens is 1. The topological polar surface area (TPSA) is 70.7 Å². The van der Waals surface area contributed by atoms with Crippen LogP contribution in [0.25, 0.3) is 27.8 Å². The molecule has 2 aromatic carbocycles. The Morgan fingerprint density at radius 1 is 0.929 bits per heavy atom. The first kappa shape index (κ1) is 16.4. The van der Waals surface area contributed by atoms with Crippen LogP contribution in [0.3, 0.4) is 0 Å². The molecule has 3 aromatic heterocycles. The van der Waals surface area contributed by atoms with Crippen LogP contribution in [-0.4, -0.2) is 19.6 Å². The molecule has 0 bridgehead atoms. The highest BCUT2D eigenvalue weighted by Crippen LogP contribution is 2.31. The van der Waals surface area contributed by atoms with Gasteiger partial charge in [-0.1, -0.05) is 36.4 Å². The maximum atomic E-state index is 4.79. The van der Waals surface area contributed by atoms with Crippen molar-refractivity contribution in [3.63, 3.8) is 0 Å². The average molecular weight is 366 g/mol. The highest BCUT2D eigenvalue weighted by Gasteiger charge is 2.15. The van der Waals surface area contributed by atoms with Crippen molar-refractivity contribution >= 4 is 27.9 Å². The molecule has 0 saturated carbocycles. The van der Waals surface area contributed by atoms with E-state index >= 15 is 0 Å². The molecule has 3 heterocycles. The quantitative estimate of drug-likeness (QED) is 0.403. The zero-order valence-electron chi connectivity index (χ0n) is 15.6. The minimum Gasteiger partial charge on any atom is -0.360 e. The molecule has 0 radical (unpaired) electrons. The number of hydrogen-bond acceptors (Lipinski definition) is 4. The lowest BCUT2D eigenvalue weighted by molar-refractivity contribution is 0.884. The SMILES string of the molecule is Cc1nc2cc(-c3c[nH]c4ccccc34)nn2c(C)c1N=Nc1ccccc1. The fourth-order valence-corrected chi connectivity index (χ4v) is 3.45. The predicted molar refractivity (Wildman–Crippen MR) is 110 cm³/mol. The van der Waals surface area contributed by atoms with Gasteiger partial charge >= 0.3 is 0 Å². The summed E-state index contributed by atoms with van der Waals surface area (Å²) < 4.78 is 1.84. The Hall–Kier alpha value is -3.80. The van der Waals surface area contributed by atoms with E-state index in [0.29, 0.717) is 0 Å². The van der Waals surface area contributed by atoms with E-state index in [1.54, 1.807) is 0 Å². The molecule has 28 heavy (non-hydrogen) atoms. The molecule has 0 amide bonds. The van der Waals surface area contributed by atoms with E-state index < -0.39 is 0 Å². The van der Waals surface area contributed by atoms with E-state index in [0.717, 1.165) is 50.6 Å². The number of benzene rings is 2. The zero-order valence-corrected chi connectivity index (χ0v) is 15.6. The monoisotopic (exact) mass is 366 g/mol. The van der Waals surface area contributed by atoms with Gasteiger partial charge in [-0.15, -0.1) is 5.11 Å². The van der Waals surface area contributed by atoms with Crippen LogP contribution < -0.4 is 0 Å². The molecule has 6 heteroatoms. The number of para-hydroxylation sites is 1. The molecule has 0 aliphatic carbocycles. The Labute approximate surface area is 161 Å². The summed E-state index contributed by atoms with van der Waals surface area (Å²) in [6.07, 6.45) is 1.99. The largest absolute Gasteiger partial charge is 0.360 e. The second-order valence-corrected chi connectivity index (χ2v) is 6.71. The Bertz CT molecular complexity index is 1330. The zero-order chi connectivity index (χ0) is 19.1. The molecule has 6 nitrogen and oxygen atoms in total. The molecular formula is C22H18N6. The first-order chi connectivity index (χ1) is 13.7. The number of aromatic amines is 1. The third kappa shape index (κ3) is 2.66. The van der Waals surface area contributed by atoms with Gasteiger partial charge in [0.1, 0.15) is 5.69 Å². The van der Waals surface area contributed by atoms with Gasteiger partial charge in [0, 0.05) is 28.7 Å². The van der Waals surface area contributed by atoms with Crippen LogP contribution in [0.15, 0.2) is 77.1 Å². The Morgan fingerprint density at radius 3 is 2.57 bits per heavy atom. The van der Waals surface area contributed by atoms with Crippen molar-refractivity contribution in [2.24, 2.45) is 10.2 Å². The fourth-order valence-electron chi connectivity index (χ4n) is 3.45. The average Bonchev–Trinajstić information content (AvgIpc) is 3.32. The molecule has 0 saturated heterocycles. The number of aryl methyl sites for hydroxylation is 2. The van der Waals surface area contributed by atoms with Gasteiger partial charge in [0.05, 0.1) is 22.8 Å². The highest BCUT2D eigenvalue weighted by molar-refractivity contribution is 5.95. The van der Waals surface area contributed by atoms with Gasteiger partial charge in [-0.25, -0.2) is 9.50 Å². The van der Waals surface area contributed by atoms with Crippen LogP contribution in [0.5, 0.6) is 0 Å². The van der Waals surface area contributed by atoms with Gasteiger partial charge in [0.2, 0.25) is 0 Å². The number of rotatable bonds is 3. The van der Waals surface area contributed by atoms with Gasteiger partial charge in [-0.05, 0) is 32.0 Å². The number of aromatic nitrogens is 4. The van der Waals surface area contributed by atoms with E-state index in [2.05, 4.69) is 27.3 Å². The van der Waals surface area contributed by atoms with Crippen molar-refractivity contribution < 1.29 is 0 Å². The summed E-state index contributed by atoms with van der Waals surface area (Å²) >= 11 is 0. The van der Waals surface area contributed by atoms with E-state index in [9.17, 15) is 0 Å². The van der Waals surface area contributed by atoms with Gasteiger partial charge in [0.15, 0.2) is 5.65 Å². The fraction of sp³-hybridized carbons (Fsp3) is 0.0909. The smallest absolute Gasteiger partial charge is 0.156 e. The summed E-state index contributed by atoms with van der Waals surface area (Å²) in [5, 5.41) is 14.7. The first-order valence-electron chi connectivity index (χ1n) is 9.11. The standard InChI is InChI=1S/C22H18N6/c1-14-22(26-25-16-8-4-3-5-9-16)15(2)28-21(24-14)12-20(27-28)18-13-23-19-11-7-6-10-17(18)19/h3-13,23H,1-2H3. The normalized spacial score (nSPS) is 11.8. The van der Waals surface area contributed by atoms with Crippen molar-refractivity contribution in [2.45, 2.75) is 13.8 Å². The van der Waals surface area contributed by atoms with Crippen LogP contribution in [0, 0.1) is 13.8 Å². The van der Waals surface area contributed by atoms with Crippen LogP contribution >= 0.6 is 0 Å². The van der Waals surface area contributed by atoms with Crippen molar-refractivity contribution in [3.8, 4) is 11.3 Å². The molecule has 1 N–H and O–H groups in total. The van der Waals surface area contributed by atoms with Crippen molar-refractivity contribution in [1.29, 1.82) is 0 Å². The third-order valence-corrected chi connectivity index (χ3v) is 4.86.